The number of hydrogen-bond donors (Lipinski definition) is 1. The van der Waals surface area contributed by atoms with Gasteiger partial charge in [0, 0.05) is 24.3 Å². The molecule has 200 valence electrons. The number of ether oxygens (including phenoxy) is 1. The molecule has 40 heavy (non-hydrogen) atoms. The molecule has 1 saturated heterocycles. The Balaban J connectivity index is 1.19. The van der Waals surface area contributed by atoms with E-state index in [0.717, 1.165) is 58.5 Å². The first-order chi connectivity index (χ1) is 19.5. The number of aromatic nitrogens is 5. The quantitative estimate of drug-likeness (QED) is 0.278. The third-order valence-electron chi connectivity index (χ3n) is 6.79. The number of aryl methyl sites for hydroxylation is 2. The number of thiophene rings is 1. The normalized spacial score (nSPS) is 13.0. The molecule has 5 aromatic rings. The van der Waals surface area contributed by atoms with Crippen LogP contribution in [0.5, 0.6) is 11.6 Å². The van der Waals surface area contributed by atoms with Gasteiger partial charge in [-0.3, -0.25) is 4.79 Å². The Labute approximate surface area is 234 Å². The molecule has 0 saturated carbocycles. The van der Waals surface area contributed by atoms with Gasteiger partial charge >= 0.3 is 0 Å². The zero-order chi connectivity index (χ0) is 27.6. The minimum Gasteiger partial charge on any atom is -0.437 e. The van der Waals surface area contributed by atoms with Gasteiger partial charge in [0.1, 0.15) is 22.7 Å². The molecule has 1 fully saturated rings. The highest BCUT2D eigenvalue weighted by atomic mass is 32.1. The Bertz CT molecular complexity index is 1720. The number of carbonyl (C=O) groups is 1. The lowest BCUT2D eigenvalue weighted by molar-refractivity contribution is -0.130. The molecule has 3 aromatic heterocycles. The molecule has 1 aliphatic rings. The van der Waals surface area contributed by atoms with Crippen LogP contribution < -0.4 is 10.1 Å². The molecule has 10 nitrogen and oxygen atoms in total. The summed E-state index contributed by atoms with van der Waals surface area (Å²) in [5.41, 5.74) is 5.47. The Morgan fingerprint density at radius 1 is 1.10 bits per heavy atom. The Kier molecular flexibility index (Phi) is 6.84. The highest BCUT2D eigenvalue weighted by molar-refractivity contribution is 7.17. The molecule has 11 heteroatoms. The molecule has 0 spiro atoms. The number of amides is 1. The number of nitrogens with one attached hydrogen (secondary N) is 1. The molecule has 0 atom stereocenters. The minimum absolute atomic E-state index is 0.0731. The number of anilines is 2. The molecule has 1 amide bonds. The summed E-state index contributed by atoms with van der Waals surface area (Å²) in [4.78, 5) is 23.6. The van der Waals surface area contributed by atoms with Gasteiger partial charge in [-0.1, -0.05) is 17.3 Å². The van der Waals surface area contributed by atoms with Crippen LogP contribution in [-0.4, -0.2) is 48.9 Å². The van der Waals surface area contributed by atoms with Crippen LogP contribution in [0.15, 0.2) is 54.0 Å². The third kappa shape index (κ3) is 5.21. The number of fused-ring (bicyclic) bond motifs is 1. The van der Waals surface area contributed by atoms with E-state index in [-0.39, 0.29) is 12.5 Å². The predicted molar refractivity (Wildman–Crippen MR) is 153 cm³/mol. The highest BCUT2D eigenvalue weighted by Gasteiger charge is 2.19. The van der Waals surface area contributed by atoms with Crippen LogP contribution in [0.2, 0.25) is 0 Å². The number of hydrogen-bond acceptors (Lipinski definition) is 9. The van der Waals surface area contributed by atoms with Crippen molar-refractivity contribution in [3.05, 3.63) is 70.7 Å². The van der Waals surface area contributed by atoms with E-state index in [2.05, 4.69) is 31.7 Å². The van der Waals surface area contributed by atoms with Gasteiger partial charge in [-0.15, -0.1) is 16.4 Å². The number of nitrogens with zero attached hydrogens (tertiary/aromatic N) is 7. The molecule has 0 unspecified atom stereocenters. The van der Waals surface area contributed by atoms with Gasteiger partial charge in [0.2, 0.25) is 17.7 Å². The van der Waals surface area contributed by atoms with Crippen LogP contribution in [0, 0.1) is 25.2 Å². The summed E-state index contributed by atoms with van der Waals surface area (Å²) in [6, 6.07) is 15.4. The molecule has 1 N–H and O–H groups in total. The number of carbonyl (C=O) groups excluding carboxylic acids is 1. The minimum atomic E-state index is 0.0731. The van der Waals surface area contributed by atoms with E-state index in [1.807, 2.05) is 54.5 Å². The molecule has 4 heterocycles. The van der Waals surface area contributed by atoms with Crippen LogP contribution >= 0.6 is 11.3 Å². The zero-order valence-corrected chi connectivity index (χ0v) is 22.9. The van der Waals surface area contributed by atoms with Gasteiger partial charge in [0.05, 0.1) is 23.3 Å². The van der Waals surface area contributed by atoms with E-state index >= 15 is 0 Å². The number of nitriles is 1. The first-order valence-corrected chi connectivity index (χ1v) is 13.8. The summed E-state index contributed by atoms with van der Waals surface area (Å²) in [6.45, 7) is 5.67. The van der Waals surface area contributed by atoms with Crippen molar-refractivity contribution in [1.82, 2.24) is 29.9 Å². The van der Waals surface area contributed by atoms with Crippen LogP contribution in [0.1, 0.15) is 29.5 Å². The largest absolute Gasteiger partial charge is 0.437 e. The lowest BCUT2D eigenvalue weighted by atomic mass is 10.1. The first kappa shape index (κ1) is 25.5. The van der Waals surface area contributed by atoms with Crippen LogP contribution in [0.25, 0.3) is 21.5 Å². The average molecular weight is 551 g/mol. The maximum Gasteiger partial charge on any atom is 0.244 e. The van der Waals surface area contributed by atoms with Crippen molar-refractivity contribution < 1.29 is 9.53 Å². The van der Waals surface area contributed by atoms with E-state index in [1.54, 1.807) is 23.0 Å². The van der Waals surface area contributed by atoms with E-state index in [1.165, 1.54) is 11.3 Å². The van der Waals surface area contributed by atoms with E-state index in [9.17, 15) is 10.1 Å². The third-order valence-corrected chi connectivity index (χ3v) is 7.68. The molecular formula is C29H26N8O2S. The van der Waals surface area contributed by atoms with E-state index in [4.69, 9.17) is 4.74 Å². The average Bonchev–Trinajstić information content (AvgIpc) is 3.73. The van der Waals surface area contributed by atoms with Gasteiger partial charge in [0.25, 0.3) is 0 Å². The van der Waals surface area contributed by atoms with Crippen molar-refractivity contribution in [2.75, 3.05) is 18.4 Å². The van der Waals surface area contributed by atoms with Crippen molar-refractivity contribution in [2.24, 2.45) is 0 Å². The van der Waals surface area contributed by atoms with Crippen molar-refractivity contribution in [2.45, 2.75) is 33.2 Å². The smallest absolute Gasteiger partial charge is 0.244 e. The van der Waals surface area contributed by atoms with E-state index in [0.29, 0.717) is 28.8 Å². The molecule has 2 aromatic carbocycles. The van der Waals surface area contributed by atoms with Crippen molar-refractivity contribution in [1.29, 1.82) is 5.26 Å². The monoisotopic (exact) mass is 550 g/mol. The summed E-state index contributed by atoms with van der Waals surface area (Å²) < 4.78 is 8.73. The lowest BCUT2D eigenvalue weighted by Crippen LogP contribution is -2.31. The highest BCUT2D eigenvalue weighted by Crippen LogP contribution is 2.36. The molecule has 1 aliphatic heterocycles. The Morgan fingerprint density at radius 3 is 2.58 bits per heavy atom. The molecule has 0 radical (unpaired) electrons. The Hall–Kier alpha value is -4.82. The standard InChI is InChI=1S/C29H26N8O2S/c1-18-13-20(15-30)14-19(2)26(18)39-28-27-23(9-12-40-27)32-29(33-28)31-22-7-5-21(6-8-22)24-16-37(35-34-24)17-25(38)36-10-3-4-11-36/h5-9,12-14,16H,3-4,10-11,17H2,1-2H3,(H,31,32,33). The summed E-state index contributed by atoms with van der Waals surface area (Å²) in [5.74, 6) is 1.61. The molecule has 6 rings (SSSR count). The second kappa shape index (κ2) is 10.7. The first-order valence-electron chi connectivity index (χ1n) is 13.0. The fourth-order valence-corrected chi connectivity index (χ4v) is 5.56. The summed E-state index contributed by atoms with van der Waals surface area (Å²) >= 11 is 1.51. The van der Waals surface area contributed by atoms with E-state index < -0.39 is 0 Å². The van der Waals surface area contributed by atoms with Gasteiger partial charge in [-0.05, 0) is 73.5 Å². The SMILES string of the molecule is Cc1cc(C#N)cc(C)c1Oc1nc(Nc2ccc(-c3cn(CC(=O)N4CCCC4)nn3)cc2)nc2ccsc12. The molecule has 0 aliphatic carbocycles. The van der Waals surface area contributed by atoms with Gasteiger partial charge in [0.15, 0.2) is 0 Å². The lowest BCUT2D eigenvalue weighted by Gasteiger charge is -2.14. The number of likely N-dealkylation sites (tertiary alicyclic amines) is 1. The second-order valence-corrected chi connectivity index (χ2v) is 10.6. The summed E-state index contributed by atoms with van der Waals surface area (Å²) in [5, 5.41) is 22.9. The fraction of sp³-hybridized carbons (Fsp3) is 0.241. The van der Waals surface area contributed by atoms with Gasteiger partial charge in [-0.2, -0.15) is 10.2 Å². The molecular weight excluding hydrogens is 524 g/mol. The molecule has 0 bridgehead atoms. The van der Waals surface area contributed by atoms with Crippen molar-refractivity contribution >= 4 is 39.1 Å². The fourth-order valence-electron chi connectivity index (χ4n) is 4.80. The number of benzene rings is 2. The predicted octanol–water partition coefficient (Wildman–Crippen LogP) is 5.60. The van der Waals surface area contributed by atoms with Crippen LogP contribution in [0.3, 0.4) is 0 Å². The number of rotatable bonds is 7. The second-order valence-electron chi connectivity index (χ2n) is 9.73. The maximum atomic E-state index is 12.4. The van der Waals surface area contributed by atoms with Crippen molar-refractivity contribution in [3.8, 4) is 29.0 Å². The topological polar surface area (TPSA) is 122 Å². The zero-order valence-electron chi connectivity index (χ0n) is 22.1. The van der Waals surface area contributed by atoms with Crippen LogP contribution in [-0.2, 0) is 11.3 Å². The van der Waals surface area contributed by atoms with Gasteiger partial charge < -0.3 is 15.0 Å². The Morgan fingerprint density at radius 2 is 1.85 bits per heavy atom. The van der Waals surface area contributed by atoms with Gasteiger partial charge in [-0.25, -0.2) is 9.67 Å². The summed E-state index contributed by atoms with van der Waals surface area (Å²) in [6.07, 6.45) is 3.91. The summed E-state index contributed by atoms with van der Waals surface area (Å²) in [7, 11) is 0. The van der Waals surface area contributed by atoms with Crippen molar-refractivity contribution in [3.63, 3.8) is 0 Å². The maximum absolute atomic E-state index is 12.4. The van der Waals surface area contributed by atoms with Crippen LogP contribution in [0.4, 0.5) is 11.6 Å².